The van der Waals surface area contributed by atoms with E-state index in [9.17, 15) is 9.59 Å². The highest BCUT2D eigenvalue weighted by molar-refractivity contribution is 7.15. The molecule has 35 heavy (non-hydrogen) atoms. The number of rotatable bonds is 7. The first-order valence-corrected chi connectivity index (χ1v) is 12.7. The molecule has 3 heterocycles. The SMILES string of the molecule is CCCOc1ccc(C2c3c(oc4cc(C)c(C)cc4c3=O)C(=O)N2c2nnc(CCC)s2)cc1. The number of anilines is 1. The summed E-state index contributed by atoms with van der Waals surface area (Å²) in [5.41, 5.74) is 3.32. The van der Waals surface area contributed by atoms with Crippen LogP contribution in [-0.4, -0.2) is 22.7 Å². The minimum atomic E-state index is -0.664. The highest BCUT2D eigenvalue weighted by Gasteiger charge is 2.45. The minimum Gasteiger partial charge on any atom is -0.494 e. The molecule has 1 amide bonds. The lowest BCUT2D eigenvalue weighted by atomic mass is 9.97. The molecular formula is C27H27N3O4S. The first-order valence-electron chi connectivity index (χ1n) is 11.9. The van der Waals surface area contributed by atoms with E-state index in [2.05, 4.69) is 24.0 Å². The van der Waals surface area contributed by atoms with E-state index in [-0.39, 0.29) is 17.1 Å². The third-order valence-corrected chi connectivity index (χ3v) is 7.26. The lowest BCUT2D eigenvalue weighted by molar-refractivity contribution is 0.0970. The zero-order chi connectivity index (χ0) is 24.7. The van der Waals surface area contributed by atoms with Crippen molar-refractivity contribution in [3.63, 3.8) is 0 Å². The molecule has 180 valence electrons. The molecule has 0 saturated carbocycles. The molecule has 1 aliphatic rings. The number of amides is 1. The molecule has 7 nitrogen and oxygen atoms in total. The lowest BCUT2D eigenvalue weighted by Crippen LogP contribution is -2.29. The zero-order valence-corrected chi connectivity index (χ0v) is 21.1. The molecule has 2 aromatic carbocycles. The molecule has 0 spiro atoms. The van der Waals surface area contributed by atoms with Crippen LogP contribution >= 0.6 is 11.3 Å². The van der Waals surface area contributed by atoms with Gasteiger partial charge in [-0.15, -0.1) is 10.2 Å². The maximum absolute atomic E-state index is 13.8. The van der Waals surface area contributed by atoms with E-state index >= 15 is 0 Å². The molecule has 0 saturated heterocycles. The second-order valence-electron chi connectivity index (χ2n) is 8.83. The van der Waals surface area contributed by atoms with Gasteiger partial charge in [-0.05, 0) is 67.6 Å². The Morgan fingerprint density at radius 2 is 1.77 bits per heavy atom. The summed E-state index contributed by atoms with van der Waals surface area (Å²) in [6.07, 6.45) is 2.61. The van der Waals surface area contributed by atoms with Crippen molar-refractivity contribution in [1.29, 1.82) is 0 Å². The molecule has 0 fully saturated rings. The van der Waals surface area contributed by atoms with Crippen molar-refractivity contribution in [3.05, 3.63) is 79.6 Å². The summed E-state index contributed by atoms with van der Waals surface area (Å²) in [6, 6.07) is 10.5. The van der Waals surface area contributed by atoms with E-state index in [1.807, 2.05) is 50.2 Å². The van der Waals surface area contributed by atoms with Crippen LogP contribution in [0.25, 0.3) is 11.0 Å². The third kappa shape index (κ3) is 4.01. The Labute approximate surface area is 207 Å². The fourth-order valence-corrected chi connectivity index (χ4v) is 5.33. The number of nitrogens with zero attached hydrogens (tertiary/aromatic N) is 3. The molecule has 0 radical (unpaired) electrons. The standard InChI is InChI=1S/C27H27N3O4S/c1-5-7-21-28-29-27(35-21)30-23(17-8-10-18(11-9-17)33-12-6-2)22-24(31)19-13-15(3)16(4)14-20(19)34-25(22)26(30)32/h8-11,13-14,23H,5-7,12H2,1-4H3. The van der Waals surface area contributed by atoms with Crippen LogP contribution in [0, 0.1) is 13.8 Å². The first-order chi connectivity index (χ1) is 16.9. The van der Waals surface area contributed by atoms with E-state index in [0.29, 0.717) is 28.3 Å². The van der Waals surface area contributed by atoms with Crippen LogP contribution in [0.5, 0.6) is 5.75 Å². The number of carbonyl (C=O) groups is 1. The van der Waals surface area contributed by atoms with Crippen LogP contribution < -0.4 is 15.1 Å². The summed E-state index contributed by atoms with van der Waals surface area (Å²) in [4.78, 5) is 29.1. The van der Waals surface area contributed by atoms with Gasteiger partial charge < -0.3 is 9.15 Å². The Kier molecular flexibility index (Phi) is 6.15. The Hall–Kier alpha value is -3.52. The monoisotopic (exact) mass is 489 g/mol. The van der Waals surface area contributed by atoms with E-state index in [0.717, 1.165) is 46.7 Å². The number of aryl methyl sites for hydroxylation is 3. The van der Waals surface area contributed by atoms with Crippen molar-refractivity contribution in [2.75, 3.05) is 11.5 Å². The molecular weight excluding hydrogens is 462 g/mol. The van der Waals surface area contributed by atoms with Gasteiger partial charge in [0.25, 0.3) is 5.91 Å². The number of aromatic nitrogens is 2. The predicted molar refractivity (Wildman–Crippen MR) is 137 cm³/mol. The largest absolute Gasteiger partial charge is 0.494 e. The normalized spacial score (nSPS) is 15.1. The van der Waals surface area contributed by atoms with Gasteiger partial charge in [-0.25, -0.2) is 0 Å². The average Bonchev–Trinajstić information content (AvgIpc) is 3.42. The fraction of sp³-hybridized carbons (Fsp3) is 0.333. The third-order valence-electron chi connectivity index (χ3n) is 6.28. The number of hydrogen-bond donors (Lipinski definition) is 0. The van der Waals surface area contributed by atoms with Crippen LogP contribution in [-0.2, 0) is 6.42 Å². The van der Waals surface area contributed by atoms with Gasteiger partial charge in [-0.3, -0.25) is 14.5 Å². The molecule has 5 rings (SSSR count). The van der Waals surface area contributed by atoms with Crippen LogP contribution in [0.2, 0.25) is 0 Å². The van der Waals surface area contributed by atoms with Crippen LogP contribution in [0.4, 0.5) is 5.13 Å². The molecule has 4 aromatic rings. The Bertz CT molecular complexity index is 1470. The maximum atomic E-state index is 13.8. The van der Waals surface area contributed by atoms with E-state index in [1.165, 1.54) is 11.3 Å². The van der Waals surface area contributed by atoms with Gasteiger partial charge in [-0.2, -0.15) is 0 Å². The summed E-state index contributed by atoms with van der Waals surface area (Å²) < 4.78 is 11.8. The molecule has 0 N–H and O–H groups in total. The Balaban J connectivity index is 1.70. The zero-order valence-electron chi connectivity index (χ0n) is 20.3. The van der Waals surface area contributed by atoms with Gasteiger partial charge >= 0.3 is 0 Å². The molecule has 1 unspecified atom stereocenters. The van der Waals surface area contributed by atoms with Crippen molar-refractivity contribution in [1.82, 2.24) is 10.2 Å². The van der Waals surface area contributed by atoms with Crippen molar-refractivity contribution in [2.24, 2.45) is 0 Å². The van der Waals surface area contributed by atoms with Crippen molar-refractivity contribution < 1.29 is 13.9 Å². The topological polar surface area (TPSA) is 85.5 Å². The molecule has 1 atom stereocenters. The van der Waals surface area contributed by atoms with Crippen molar-refractivity contribution in [3.8, 4) is 5.75 Å². The minimum absolute atomic E-state index is 0.0642. The first kappa shape index (κ1) is 23.2. The van der Waals surface area contributed by atoms with Crippen LogP contribution in [0.3, 0.4) is 0 Å². The average molecular weight is 490 g/mol. The van der Waals surface area contributed by atoms with E-state index in [4.69, 9.17) is 9.15 Å². The number of carbonyl (C=O) groups excluding carboxylic acids is 1. The summed E-state index contributed by atoms with van der Waals surface area (Å²) in [5.74, 6) is 0.423. The van der Waals surface area contributed by atoms with Gasteiger partial charge in [0.1, 0.15) is 16.3 Å². The van der Waals surface area contributed by atoms with Gasteiger partial charge in [0, 0.05) is 6.42 Å². The van der Waals surface area contributed by atoms with Crippen LogP contribution in [0.1, 0.15) is 70.5 Å². The Morgan fingerprint density at radius 3 is 2.49 bits per heavy atom. The fourth-order valence-electron chi connectivity index (χ4n) is 4.36. The molecule has 8 heteroatoms. The predicted octanol–water partition coefficient (Wildman–Crippen LogP) is 5.75. The molecule has 0 aliphatic carbocycles. The van der Waals surface area contributed by atoms with Gasteiger partial charge in [-0.1, -0.05) is 37.3 Å². The second-order valence-corrected chi connectivity index (χ2v) is 9.87. The number of hydrogen-bond acceptors (Lipinski definition) is 7. The highest BCUT2D eigenvalue weighted by Crippen LogP contribution is 2.42. The van der Waals surface area contributed by atoms with Gasteiger partial charge in [0.15, 0.2) is 5.43 Å². The van der Waals surface area contributed by atoms with Crippen molar-refractivity contribution >= 4 is 33.3 Å². The quantitative estimate of drug-likeness (QED) is 0.328. The summed E-state index contributed by atoms with van der Waals surface area (Å²) in [6.45, 7) is 8.66. The van der Waals surface area contributed by atoms with Gasteiger partial charge in [0.2, 0.25) is 10.9 Å². The number of fused-ring (bicyclic) bond motifs is 2. The number of benzene rings is 2. The Morgan fingerprint density at radius 1 is 1.03 bits per heavy atom. The maximum Gasteiger partial charge on any atom is 0.297 e. The lowest BCUT2D eigenvalue weighted by Gasteiger charge is -2.22. The number of ether oxygens (including phenoxy) is 1. The van der Waals surface area contributed by atoms with E-state index in [1.54, 1.807) is 4.90 Å². The van der Waals surface area contributed by atoms with E-state index < -0.39 is 6.04 Å². The molecule has 2 aromatic heterocycles. The smallest absolute Gasteiger partial charge is 0.297 e. The molecule has 1 aliphatic heterocycles. The van der Waals surface area contributed by atoms with Crippen LogP contribution in [0.15, 0.2) is 45.6 Å². The van der Waals surface area contributed by atoms with Gasteiger partial charge in [0.05, 0.1) is 23.6 Å². The summed E-state index contributed by atoms with van der Waals surface area (Å²) >= 11 is 1.37. The summed E-state index contributed by atoms with van der Waals surface area (Å²) in [7, 11) is 0. The summed E-state index contributed by atoms with van der Waals surface area (Å²) in [5, 5.41) is 10.4. The second kappa shape index (κ2) is 9.26. The molecule has 0 bridgehead atoms. The highest BCUT2D eigenvalue weighted by atomic mass is 32.1. The van der Waals surface area contributed by atoms with Crippen molar-refractivity contribution in [2.45, 2.75) is 53.0 Å².